The summed E-state index contributed by atoms with van der Waals surface area (Å²) < 4.78 is 0. The lowest BCUT2D eigenvalue weighted by molar-refractivity contribution is -0.118. The maximum atomic E-state index is 11.5. The van der Waals surface area contributed by atoms with Crippen molar-refractivity contribution in [3.8, 4) is 0 Å². The zero-order chi connectivity index (χ0) is 12.3. The van der Waals surface area contributed by atoms with Gasteiger partial charge in [0.15, 0.2) is 0 Å². The van der Waals surface area contributed by atoms with E-state index < -0.39 is 0 Å². The lowest BCUT2D eigenvalue weighted by Gasteiger charge is -2.16. The summed E-state index contributed by atoms with van der Waals surface area (Å²) in [6, 6.07) is 7.96. The van der Waals surface area contributed by atoms with Crippen LogP contribution in [0, 0.1) is 0 Å². The Bertz CT molecular complexity index is 418. The molecule has 0 heterocycles. The Morgan fingerprint density at radius 1 is 1.53 bits per heavy atom. The summed E-state index contributed by atoms with van der Waals surface area (Å²) in [4.78, 5) is 11.5. The molecule has 0 saturated heterocycles. The molecule has 1 fully saturated rings. The highest BCUT2D eigenvalue weighted by Crippen LogP contribution is 2.48. The molecule has 1 aromatic carbocycles. The third kappa shape index (κ3) is 3.17. The number of halogens is 1. The number of carbonyl (C=O) groups is 1. The molecule has 17 heavy (non-hydrogen) atoms. The fraction of sp³-hybridized carbons (Fsp3) is 0.462. The van der Waals surface area contributed by atoms with Gasteiger partial charge in [0.05, 0.1) is 5.75 Å². The van der Waals surface area contributed by atoms with Crippen LogP contribution in [0.15, 0.2) is 24.3 Å². The van der Waals surface area contributed by atoms with Crippen molar-refractivity contribution in [2.45, 2.75) is 18.3 Å². The number of rotatable bonds is 5. The van der Waals surface area contributed by atoms with Crippen molar-refractivity contribution < 1.29 is 4.79 Å². The van der Waals surface area contributed by atoms with E-state index in [0.29, 0.717) is 5.75 Å². The molecule has 2 nitrogen and oxygen atoms in total. The molecular formula is C13H16ClNOS. The third-order valence-corrected chi connectivity index (χ3v) is 3.98. The first-order valence-corrected chi connectivity index (χ1v) is 7.45. The molecule has 92 valence electrons. The second-order valence-electron chi connectivity index (χ2n) is 4.50. The van der Waals surface area contributed by atoms with Crippen LogP contribution in [0.5, 0.6) is 0 Å². The molecule has 0 bridgehead atoms. The highest BCUT2D eigenvalue weighted by molar-refractivity contribution is 7.99. The van der Waals surface area contributed by atoms with Crippen LogP contribution in [0.3, 0.4) is 0 Å². The largest absolute Gasteiger partial charge is 0.354 e. The van der Waals surface area contributed by atoms with E-state index >= 15 is 0 Å². The van der Waals surface area contributed by atoms with Gasteiger partial charge >= 0.3 is 0 Å². The molecule has 1 aliphatic rings. The molecule has 1 aromatic rings. The standard InChI is InChI=1S/C13H16ClNOS/c1-17-8-12(16)15-9-13(5-6-13)10-3-2-4-11(14)7-10/h2-4,7H,5-6,8-9H2,1H3,(H,15,16). The van der Waals surface area contributed by atoms with E-state index in [-0.39, 0.29) is 11.3 Å². The first kappa shape index (κ1) is 12.8. The quantitative estimate of drug-likeness (QED) is 0.891. The molecule has 0 unspecified atom stereocenters. The smallest absolute Gasteiger partial charge is 0.230 e. The van der Waals surface area contributed by atoms with Gasteiger partial charge in [-0.15, -0.1) is 0 Å². The van der Waals surface area contributed by atoms with Crippen molar-refractivity contribution in [2.24, 2.45) is 0 Å². The van der Waals surface area contributed by atoms with Gasteiger partial charge in [-0.2, -0.15) is 11.8 Å². The van der Waals surface area contributed by atoms with E-state index in [1.54, 1.807) is 11.8 Å². The zero-order valence-corrected chi connectivity index (χ0v) is 11.4. The summed E-state index contributed by atoms with van der Waals surface area (Å²) in [6.07, 6.45) is 4.20. The van der Waals surface area contributed by atoms with Crippen LogP contribution in [-0.2, 0) is 10.2 Å². The maximum Gasteiger partial charge on any atom is 0.230 e. The Kier molecular flexibility index (Phi) is 4.00. The van der Waals surface area contributed by atoms with Crippen molar-refractivity contribution in [2.75, 3.05) is 18.6 Å². The Morgan fingerprint density at radius 2 is 2.29 bits per heavy atom. The van der Waals surface area contributed by atoms with Gasteiger partial charge in [-0.1, -0.05) is 23.7 Å². The van der Waals surface area contributed by atoms with E-state index in [9.17, 15) is 4.79 Å². The highest BCUT2D eigenvalue weighted by atomic mass is 35.5. The average molecular weight is 270 g/mol. The van der Waals surface area contributed by atoms with E-state index in [1.807, 2.05) is 24.5 Å². The van der Waals surface area contributed by atoms with Gasteiger partial charge in [-0.3, -0.25) is 4.79 Å². The van der Waals surface area contributed by atoms with Crippen LogP contribution < -0.4 is 5.32 Å². The van der Waals surface area contributed by atoms with E-state index in [0.717, 1.165) is 24.4 Å². The topological polar surface area (TPSA) is 29.1 Å². The lowest BCUT2D eigenvalue weighted by atomic mass is 9.96. The van der Waals surface area contributed by atoms with Gasteiger partial charge in [-0.05, 0) is 36.8 Å². The fourth-order valence-electron chi connectivity index (χ4n) is 1.99. The van der Waals surface area contributed by atoms with Gasteiger partial charge in [0.25, 0.3) is 0 Å². The number of hydrogen-bond donors (Lipinski definition) is 1. The Balaban J connectivity index is 1.98. The van der Waals surface area contributed by atoms with Gasteiger partial charge < -0.3 is 5.32 Å². The summed E-state index contributed by atoms with van der Waals surface area (Å²) in [5.41, 5.74) is 1.38. The number of benzene rings is 1. The number of thioether (sulfide) groups is 1. The van der Waals surface area contributed by atoms with Gasteiger partial charge in [0.2, 0.25) is 5.91 Å². The van der Waals surface area contributed by atoms with E-state index in [4.69, 9.17) is 11.6 Å². The molecule has 1 aliphatic carbocycles. The van der Waals surface area contributed by atoms with Gasteiger partial charge in [0, 0.05) is 17.0 Å². The summed E-state index contributed by atoms with van der Waals surface area (Å²) in [5.74, 6) is 0.650. The first-order valence-electron chi connectivity index (χ1n) is 5.68. The Morgan fingerprint density at radius 3 is 2.88 bits per heavy atom. The SMILES string of the molecule is CSCC(=O)NCC1(c2cccc(Cl)c2)CC1. The monoisotopic (exact) mass is 269 g/mol. The van der Waals surface area contributed by atoms with Crippen molar-refractivity contribution >= 4 is 29.3 Å². The Labute approximate surface area is 111 Å². The van der Waals surface area contributed by atoms with Crippen LogP contribution in [-0.4, -0.2) is 24.5 Å². The minimum absolute atomic E-state index is 0.116. The van der Waals surface area contributed by atoms with Crippen molar-refractivity contribution in [3.63, 3.8) is 0 Å². The number of carbonyl (C=O) groups excluding carboxylic acids is 1. The minimum Gasteiger partial charge on any atom is -0.354 e. The summed E-state index contributed by atoms with van der Waals surface area (Å²) >= 11 is 7.55. The van der Waals surface area contributed by atoms with Crippen LogP contribution in [0.4, 0.5) is 0 Å². The molecule has 0 spiro atoms. The number of amides is 1. The number of hydrogen-bond acceptors (Lipinski definition) is 2. The van der Waals surface area contributed by atoms with Crippen LogP contribution in [0.1, 0.15) is 18.4 Å². The maximum absolute atomic E-state index is 11.5. The van der Waals surface area contributed by atoms with Crippen molar-refractivity contribution in [1.82, 2.24) is 5.32 Å². The predicted octanol–water partition coefficient (Wildman–Crippen LogP) is 2.85. The van der Waals surface area contributed by atoms with E-state index in [1.165, 1.54) is 5.56 Å². The summed E-state index contributed by atoms with van der Waals surface area (Å²) in [6.45, 7) is 0.729. The van der Waals surface area contributed by atoms with Crippen LogP contribution in [0.25, 0.3) is 0 Å². The molecule has 0 aromatic heterocycles. The van der Waals surface area contributed by atoms with E-state index in [2.05, 4.69) is 11.4 Å². The first-order chi connectivity index (χ1) is 8.16. The van der Waals surface area contributed by atoms with Crippen LogP contribution in [0.2, 0.25) is 5.02 Å². The van der Waals surface area contributed by atoms with Gasteiger partial charge in [-0.25, -0.2) is 0 Å². The molecule has 0 aliphatic heterocycles. The highest BCUT2D eigenvalue weighted by Gasteiger charge is 2.44. The summed E-state index contributed by atoms with van der Waals surface area (Å²) in [5, 5.41) is 3.77. The van der Waals surface area contributed by atoms with Gasteiger partial charge in [0.1, 0.15) is 0 Å². The second-order valence-corrected chi connectivity index (χ2v) is 5.80. The van der Waals surface area contributed by atoms with Crippen molar-refractivity contribution in [3.05, 3.63) is 34.9 Å². The van der Waals surface area contributed by atoms with Crippen molar-refractivity contribution in [1.29, 1.82) is 0 Å². The summed E-state index contributed by atoms with van der Waals surface area (Å²) in [7, 11) is 0. The number of nitrogens with one attached hydrogen (secondary N) is 1. The second kappa shape index (κ2) is 5.32. The fourth-order valence-corrected chi connectivity index (χ4v) is 2.54. The Hall–Kier alpha value is -0.670. The molecule has 1 N–H and O–H groups in total. The normalized spacial score (nSPS) is 16.6. The molecule has 1 saturated carbocycles. The molecule has 0 radical (unpaired) electrons. The molecule has 0 atom stereocenters. The molecule has 2 rings (SSSR count). The minimum atomic E-state index is 0.116. The molecule has 4 heteroatoms. The van der Waals surface area contributed by atoms with Crippen LogP contribution >= 0.6 is 23.4 Å². The molecule has 1 amide bonds. The third-order valence-electron chi connectivity index (χ3n) is 3.19. The molecular weight excluding hydrogens is 254 g/mol. The average Bonchev–Trinajstić information content (AvgIpc) is 3.08. The zero-order valence-electron chi connectivity index (χ0n) is 9.83. The predicted molar refractivity (Wildman–Crippen MR) is 73.8 cm³/mol. The lowest BCUT2D eigenvalue weighted by Crippen LogP contribution is -2.33.